The van der Waals surface area contributed by atoms with E-state index in [0.29, 0.717) is 11.4 Å². The summed E-state index contributed by atoms with van der Waals surface area (Å²) in [5.41, 5.74) is 1.00. The van der Waals surface area contributed by atoms with Gasteiger partial charge in [0, 0.05) is 43.8 Å². The van der Waals surface area contributed by atoms with E-state index in [1.807, 2.05) is 30.3 Å². The first-order valence-corrected chi connectivity index (χ1v) is 9.49. The summed E-state index contributed by atoms with van der Waals surface area (Å²) in [6.45, 7) is 3.47. The number of aryl methyl sites for hydroxylation is 1. The van der Waals surface area contributed by atoms with Gasteiger partial charge in [-0.25, -0.2) is 8.42 Å². The minimum Gasteiger partial charge on any atom is -0.349 e. The second-order valence-electron chi connectivity index (χ2n) is 5.02. The number of hydrogen-bond acceptors (Lipinski definition) is 4. The monoisotopic (exact) mass is 317 g/mol. The number of thioether (sulfide) groups is 1. The van der Waals surface area contributed by atoms with Crippen molar-refractivity contribution in [1.29, 1.82) is 0 Å². The van der Waals surface area contributed by atoms with Crippen LogP contribution in [-0.2, 0) is 23.1 Å². The highest BCUT2D eigenvalue weighted by Crippen LogP contribution is 2.27. The van der Waals surface area contributed by atoms with Crippen molar-refractivity contribution < 1.29 is 8.42 Å². The van der Waals surface area contributed by atoms with Crippen molar-refractivity contribution in [2.45, 2.75) is 37.4 Å². The molecule has 1 fully saturated rings. The van der Waals surface area contributed by atoms with E-state index in [-0.39, 0.29) is 6.04 Å². The van der Waals surface area contributed by atoms with Crippen LogP contribution in [-0.4, -0.2) is 48.9 Å². The van der Waals surface area contributed by atoms with Crippen molar-refractivity contribution in [2.24, 2.45) is 0 Å². The molecule has 1 N–H and O–H groups in total. The lowest BCUT2D eigenvalue weighted by molar-refractivity contribution is 0.394. The van der Waals surface area contributed by atoms with Gasteiger partial charge in [0.1, 0.15) is 4.90 Å². The standard InChI is InChI=1S/C13H23N3O2S2/c1-4-16-9-13(7-12(16)8-14-2)20(17,18)15(3)11-5-6-19-10-11/h7,9,11,14H,4-6,8,10H2,1-3H3. The Hall–Kier alpha value is -0.500. The summed E-state index contributed by atoms with van der Waals surface area (Å²) < 4.78 is 28.9. The highest BCUT2D eigenvalue weighted by atomic mass is 32.2. The second-order valence-corrected chi connectivity index (χ2v) is 8.17. The third-order valence-electron chi connectivity index (χ3n) is 3.76. The molecule has 2 rings (SSSR count). The van der Waals surface area contributed by atoms with Crippen molar-refractivity contribution in [2.75, 3.05) is 25.6 Å². The lowest BCUT2D eigenvalue weighted by atomic mass is 10.3. The van der Waals surface area contributed by atoms with Crippen LogP contribution in [0, 0.1) is 0 Å². The van der Waals surface area contributed by atoms with E-state index in [4.69, 9.17) is 0 Å². The van der Waals surface area contributed by atoms with Crippen LogP contribution in [0.3, 0.4) is 0 Å². The molecule has 1 aliphatic heterocycles. The van der Waals surface area contributed by atoms with Gasteiger partial charge in [0.2, 0.25) is 10.0 Å². The molecule has 0 aliphatic carbocycles. The zero-order valence-electron chi connectivity index (χ0n) is 12.3. The van der Waals surface area contributed by atoms with Crippen molar-refractivity contribution in [3.8, 4) is 0 Å². The van der Waals surface area contributed by atoms with Gasteiger partial charge in [0.25, 0.3) is 0 Å². The largest absolute Gasteiger partial charge is 0.349 e. The smallest absolute Gasteiger partial charge is 0.244 e. The summed E-state index contributed by atoms with van der Waals surface area (Å²) in [4.78, 5) is 0.406. The van der Waals surface area contributed by atoms with Crippen LogP contribution < -0.4 is 5.32 Å². The molecule has 1 saturated heterocycles. The van der Waals surface area contributed by atoms with E-state index in [0.717, 1.165) is 30.2 Å². The molecule has 0 radical (unpaired) electrons. The van der Waals surface area contributed by atoms with Crippen LogP contribution in [0.5, 0.6) is 0 Å². The molecule has 1 aromatic heterocycles. The molecule has 0 spiro atoms. The van der Waals surface area contributed by atoms with Crippen molar-refractivity contribution in [3.63, 3.8) is 0 Å². The van der Waals surface area contributed by atoms with Gasteiger partial charge in [-0.15, -0.1) is 0 Å². The Balaban J connectivity index is 2.28. The highest BCUT2D eigenvalue weighted by molar-refractivity contribution is 7.99. The topological polar surface area (TPSA) is 54.3 Å². The fourth-order valence-electron chi connectivity index (χ4n) is 2.46. The van der Waals surface area contributed by atoms with Gasteiger partial charge in [0.15, 0.2) is 0 Å². The molecule has 5 nitrogen and oxygen atoms in total. The Morgan fingerprint density at radius 1 is 1.55 bits per heavy atom. The van der Waals surface area contributed by atoms with Gasteiger partial charge < -0.3 is 9.88 Å². The number of rotatable bonds is 6. The van der Waals surface area contributed by atoms with E-state index >= 15 is 0 Å². The maximum atomic E-state index is 12.7. The number of sulfonamides is 1. The Bertz CT molecular complexity index is 548. The maximum absolute atomic E-state index is 12.7. The summed E-state index contributed by atoms with van der Waals surface area (Å²) in [7, 11) is 0.184. The zero-order valence-corrected chi connectivity index (χ0v) is 13.9. The van der Waals surface area contributed by atoms with E-state index in [1.165, 1.54) is 0 Å². The fraction of sp³-hybridized carbons (Fsp3) is 0.692. The molecule has 20 heavy (non-hydrogen) atoms. The van der Waals surface area contributed by atoms with E-state index in [9.17, 15) is 8.42 Å². The number of aromatic nitrogens is 1. The molecule has 0 aromatic carbocycles. The normalized spacial score (nSPS) is 19.9. The second kappa shape index (κ2) is 6.51. The van der Waals surface area contributed by atoms with E-state index in [2.05, 4.69) is 5.32 Å². The summed E-state index contributed by atoms with van der Waals surface area (Å²) in [6, 6.07) is 1.91. The van der Waals surface area contributed by atoms with Crippen LogP contribution in [0.25, 0.3) is 0 Å². The van der Waals surface area contributed by atoms with Crippen LogP contribution in [0.1, 0.15) is 19.0 Å². The van der Waals surface area contributed by atoms with Crippen LogP contribution in [0.15, 0.2) is 17.2 Å². The fourth-order valence-corrected chi connectivity index (χ4v) is 5.27. The lowest BCUT2D eigenvalue weighted by Gasteiger charge is -2.22. The molecule has 1 atom stereocenters. The van der Waals surface area contributed by atoms with Gasteiger partial charge in [0.05, 0.1) is 0 Å². The first-order valence-electron chi connectivity index (χ1n) is 6.90. The van der Waals surface area contributed by atoms with Crippen LogP contribution >= 0.6 is 11.8 Å². The molecular weight excluding hydrogens is 294 g/mol. The predicted octanol–water partition coefficient (Wildman–Crippen LogP) is 1.35. The molecule has 1 aliphatic rings. The first kappa shape index (κ1) is 15.9. The van der Waals surface area contributed by atoms with Gasteiger partial charge in [-0.2, -0.15) is 16.1 Å². The molecule has 1 aromatic rings. The molecule has 2 heterocycles. The van der Waals surface area contributed by atoms with Gasteiger partial charge in [-0.1, -0.05) is 0 Å². The molecule has 0 bridgehead atoms. The average molecular weight is 317 g/mol. The number of nitrogens with one attached hydrogen (secondary N) is 1. The van der Waals surface area contributed by atoms with Gasteiger partial charge in [-0.3, -0.25) is 0 Å². The van der Waals surface area contributed by atoms with Crippen LogP contribution in [0.2, 0.25) is 0 Å². The van der Waals surface area contributed by atoms with E-state index in [1.54, 1.807) is 23.6 Å². The summed E-state index contributed by atoms with van der Waals surface area (Å²) in [5.74, 6) is 1.94. The molecule has 0 amide bonds. The minimum atomic E-state index is -3.38. The van der Waals surface area contributed by atoms with E-state index < -0.39 is 10.0 Å². The number of nitrogens with zero attached hydrogens (tertiary/aromatic N) is 2. The quantitative estimate of drug-likeness (QED) is 0.860. The third-order valence-corrected chi connectivity index (χ3v) is 6.78. The first-order chi connectivity index (χ1) is 9.50. The average Bonchev–Trinajstić information content (AvgIpc) is 3.07. The molecule has 114 valence electrons. The summed E-state index contributed by atoms with van der Waals surface area (Å²) in [5, 5.41) is 3.08. The molecule has 1 unspecified atom stereocenters. The third kappa shape index (κ3) is 3.05. The Morgan fingerprint density at radius 2 is 2.30 bits per heavy atom. The molecule has 7 heteroatoms. The van der Waals surface area contributed by atoms with Crippen molar-refractivity contribution in [3.05, 3.63) is 18.0 Å². The summed E-state index contributed by atoms with van der Waals surface area (Å²) >= 11 is 1.82. The Kier molecular flexibility index (Phi) is 5.17. The highest BCUT2D eigenvalue weighted by Gasteiger charge is 2.31. The summed E-state index contributed by atoms with van der Waals surface area (Å²) in [6.07, 6.45) is 2.69. The number of hydrogen-bond donors (Lipinski definition) is 1. The van der Waals surface area contributed by atoms with Gasteiger partial charge >= 0.3 is 0 Å². The van der Waals surface area contributed by atoms with Crippen LogP contribution in [0.4, 0.5) is 0 Å². The predicted molar refractivity (Wildman–Crippen MR) is 83.5 cm³/mol. The van der Waals surface area contributed by atoms with Crippen molar-refractivity contribution in [1.82, 2.24) is 14.2 Å². The van der Waals surface area contributed by atoms with Crippen molar-refractivity contribution >= 4 is 21.8 Å². The Morgan fingerprint density at radius 3 is 2.85 bits per heavy atom. The molecular formula is C13H23N3O2S2. The molecule has 0 saturated carbocycles. The maximum Gasteiger partial charge on any atom is 0.244 e. The SMILES string of the molecule is CCn1cc(S(=O)(=O)N(C)C2CCSC2)cc1CNC. The zero-order chi connectivity index (χ0) is 14.8. The lowest BCUT2D eigenvalue weighted by Crippen LogP contribution is -2.36. The Labute approximate surface area is 125 Å². The minimum absolute atomic E-state index is 0.128. The van der Waals surface area contributed by atoms with Gasteiger partial charge in [-0.05, 0) is 32.2 Å².